The number of aryl methyl sites for hydroxylation is 1. The van der Waals surface area contributed by atoms with Crippen LogP contribution in [0.15, 0.2) is 24.3 Å². The number of hydrogen-bond donors (Lipinski definition) is 1. The smallest absolute Gasteiger partial charge is 0.303 e. The summed E-state index contributed by atoms with van der Waals surface area (Å²) >= 11 is 0. The van der Waals surface area contributed by atoms with Crippen molar-refractivity contribution in [2.24, 2.45) is 5.92 Å². The fourth-order valence-corrected chi connectivity index (χ4v) is 1.91. The molecule has 18 heavy (non-hydrogen) atoms. The molecule has 0 aliphatic heterocycles. The Bertz CT molecular complexity index is 399. The molecule has 0 heterocycles. The molecule has 1 N–H and O–H groups in total. The molecule has 1 aromatic rings. The molecular formula is C14H18F2O2. The van der Waals surface area contributed by atoms with Crippen LogP contribution in [0, 0.1) is 5.92 Å². The van der Waals surface area contributed by atoms with Crippen molar-refractivity contribution in [2.75, 3.05) is 0 Å². The molecule has 1 unspecified atom stereocenters. The lowest BCUT2D eigenvalue weighted by molar-refractivity contribution is -0.138. The molecule has 0 amide bonds. The minimum Gasteiger partial charge on any atom is -0.481 e. The van der Waals surface area contributed by atoms with Gasteiger partial charge in [-0.05, 0) is 17.9 Å². The van der Waals surface area contributed by atoms with Gasteiger partial charge in [-0.1, -0.05) is 38.1 Å². The van der Waals surface area contributed by atoms with Crippen molar-refractivity contribution < 1.29 is 18.7 Å². The lowest BCUT2D eigenvalue weighted by Crippen LogP contribution is -2.19. The van der Waals surface area contributed by atoms with Gasteiger partial charge in [0.2, 0.25) is 0 Å². The summed E-state index contributed by atoms with van der Waals surface area (Å²) in [6.07, 6.45) is 0.134. The largest absolute Gasteiger partial charge is 0.481 e. The van der Waals surface area contributed by atoms with Crippen LogP contribution in [-0.4, -0.2) is 11.1 Å². The molecule has 2 nitrogen and oxygen atoms in total. The molecule has 0 radical (unpaired) electrons. The molecule has 4 heteroatoms. The van der Waals surface area contributed by atoms with Crippen molar-refractivity contribution in [1.82, 2.24) is 0 Å². The Balaban J connectivity index is 2.74. The highest BCUT2D eigenvalue weighted by Gasteiger charge is 2.33. The van der Waals surface area contributed by atoms with Crippen molar-refractivity contribution in [1.29, 1.82) is 0 Å². The van der Waals surface area contributed by atoms with Gasteiger partial charge in [0.1, 0.15) is 0 Å². The Morgan fingerprint density at radius 3 is 2.33 bits per heavy atom. The predicted molar refractivity (Wildman–Crippen MR) is 65.7 cm³/mol. The van der Waals surface area contributed by atoms with Gasteiger partial charge in [0.25, 0.3) is 5.92 Å². The summed E-state index contributed by atoms with van der Waals surface area (Å²) < 4.78 is 27.8. The van der Waals surface area contributed by atoms with E-state index in [1.165, 1.54) is 19.1 Å². The van der Waals surface area contributed by atoms with Crippen LogP contribution in [0.4, 0.5) is 8.78 Å². The first-order chi connectivity index (χ1) is 8.35. The van der Waals surface area contributed by atoms with Gasteiger partial charge < -0.3 is 5.11 Å². The van der Waals surface area contributed by atoms with Gasteiger partial charge in [0.05, 0.1) is 0 Å². The van der Waals surface area contributed by atoms with Crippen LogP contribution in [0.3, 0.4) is 0 Å². The van der Waals surface area contributed by atoms with E-state index in [0.717, 1.165) is 12.0 Å². The van der Waals surface area contributed by atoms with E-state index in [4.69, 9.17) is 5.11 Å². The van der Waals surface area contributed by atoms with Crippen molar-refractivity contribution in [3.8, 4) is 0 Å². The number of carboxylic acids is 1. The van der Waals surface area contributed by atoms with Crippen molar-refractivity contribution >= 4 is 5.97 Å². The van der Waals surface area contributed by atoms with E-state index in [2.05, 4.69) is 0 Å². The average molecular weight is 256 g/mol. The zero-order valence-electron chi connectivity index (χ0n) is 10.6. The lowest BCUT2D eigenvalue weighted by Gasteiger charge is -2.20. The minimum absolute atomic E-state index is 0.0445. The third-order valence-electron chi connectivity index (χ3n) is 2.91. The van der Waals surface area contributed by atoms with Crippen LogP contribution in [0.1, 0.15) is 37.8 Å². The summed E-state index contributed by atoms with van der Waals surface area (Å²) in [5.74, 6) is -4.57. The first kappa shape index (κ1) is 14.6. The SMILES string of the molecule is CCc1ccc(C(F)(F)CC(C)CC(=O)O)cc1. The lowest BCUT2D eigenvalue weighted by atomic mass is 9.94. The molecule has 0 saturated heterocycles. The molecule has 100 valence electrons. The van der Waals surface area contributed by atoms with Crippen LogP contribution in [0.25, 0.3) is 0 Å². The minimum atomic E-state index is -2.97. The third-order valence-corrected chi connectivity index (χ3v) is 2.91. The zero-order chi connectivity index (χ0) is 13.8. The zero-order valence-corrected chi connectivity index (χ0v) is 10.6. The maximum absolute atomic E-state index is 13.9. The first-order valence-electron chi connectivity index (χ1n) is 6.04. The van der Waals surface area contributed by atoms with Crippen LogP contribution < -0.4 is 0 Å². The average Bonchev–Trinajstić information content (AvgIpc) is 2.27. The summed E-state index contributed by atoms with van der Waals surface area (Å²) in [6, 6.07) is 6.22. The number of hydrogen-bond acceptors (Lipinski definition) is 1. The number of aliphatic carboxylic acids is 1. The second-order valence-corrected chi connectivity index (χ2v) is 4.66. The molecule has 0 saturated carbocycles. The maximum Gasteiger partial charge on any atom is 0.303 e. The topological polar surface area (TPSA) is 37.3 Å². The van der Waals surface area contributed by atoms with Gasteiger partial charge in [0.15, 0.2) is 0 Å². The van der Waals surface area contributed by atoms with Crippen LogP contribution in [-0.2, 0) is 17.1 Å². The molecule has 0 aromatic heterocycles. The Morgan fingerprint density at radius 2 is 1.89 bits per heavy atom. The number of halogens is 2. The highest BCUT2D eigenvalue weighted by Crippen LogP contribution is 2.35. The number of alkyl halides is 2. The second-order valence-electron chi connectivity index (χ2n) is 4.66. The van der Waals surface area contributed by atoms with E-state index in [1.54, 1.807) is 12.1 Å². The predicted octanol–water partition coefficient (Wildman–Crippen LogP) is 3.84. The Labute approximate surface area is 106 Å². The van der Waals surface area contributed by atoms with E-state index in [-0.39, 0.29) is 12.0 Å². The normalized spacial score (nSPS) is 13.3. The molecule has 0 fully saturated rings. The van der Waals surface area contributed by atoms with Crippen molar-refractivity contribution in [2.45, 2.75) is 39.0 Å². The molecule has 0 aliphatic rings. The highest BCUT2D eigenvalue weighted by atomic mass is 19.3. The Morgan fingerprint density at radius 1 is 1.33 bits per heavy atom. The summed E-state index contributed by atoms with van der Waals surface area (Å²) in [4.78, 5) is 10.5. The van der Waals surface area contributed by atoms with Crippen LogP contribution in [0.2, 0.25) is 0 Å². The maximum atomic E-state index is 13.9. The van der Waals surface area contributed by atoms with Gasteiger partial charge in [-0.25, -0.2) is 8.78 Å². The first-order valence-corrected chi connectivity index (χ1v) is 6.04. The standard InChI is InChI=1S/C14H18F2O2/c1-3-11-4-6-12(7-5-11)14(15,16)9-10(2)8-13(17)18/h4-7,10H,3,8-9H2,1-2H3,(H,17,18). The monoisotopic (exact) mass is 256 g/mol. The van der Waals surface area contributed by atoms with Gasteiger partial charge in [0, 0.05) is 18.4 Å². The van der Waals surface area contributed by atoms with Gasteiger partial charge >= 0.3 is 5.97 Å². The summed E-state index contributed by atoms with van der Waals surface area (Å²) in [5, 5.41) is 8.57. The Hall–Kier alpha value is -1.45. The summed E-state index contributed by atoms with van der Waals surface area (Å²) in [5.41, 5.74) is 0.963. The fraction of sp³-hybridized carbons (Fsp3) is 0.500. The van der Waals surface area contributed by atoms with Crippen molar-refractivity contribution in [3.63, 3.8) is 0 Å². The van der Waals surface area contributed by atoms with Crippen LogP contribution in [0.5, 0.6) is 0 Å². The fourth-order valence-electron chi connectivity index (χ4n) is 1.91. The number of carbonyl (C=O) groups is 1. The molecule has 0 spiro atoms. The van der Waals surface area contributed by atoms with Crippen LogP contribution >= 0.6 is 0 Å². The second kappa shape index (κ2) is 5.94. The highest BCUT2D eigenvalue weighted by molar-refractivity contribution is 5.66. The molecule has 0 bridgehead atoms. The number of carboxylic acid groups (broad SMARTS) is 1. The Kier molecular flexibility index (Phi) is 4.82. The van der Waals surface area contributed by atoms with E-state index < -0.39 is 24.2 Å². The summed E-state index contributed by atoms with van der Waals surface area (Å²) in [7, 11) is 0. The van der Waals surface area contributed by atoms with E-state index in [1.807, 2.05) is 6.92 Å². The molecular weight excluding hydrogens is 238 g/mol. The number of benzene rings is 1. The molecule has 1 aromatic carbocycles. The molecule has 1 atom stereocenters. The van der Waals surface area contributed by atoms with E-state index in [9.17, 15) is 13.6 Å². The van der Waals surface area contributed by atoms with Gasteiger partial charge in [-0.15, -0.1) is 0 Å². The molecule has 0 aliphatic carbocycles. The van der Waals surface area contributed by atoms with Gasteiger partial charge in [-0.2, -0.15) is 0 Å². The third kappa shape index (κ3) is 4.09. The quantitative estimate of drug-likeness (QED) is 0.839. The van der Waals surface area contributed by atoms with E-state index in [0.29, 0.717) is 0 Å². The van der Waals surface area contributed by atoms with E-state index >= 15 is 0 Å². The molecule has 1 rings (SSSR count). The van der Waals surface area contributed by atoms with Crippen molar-refractivity contribution in [3.05, 3.63) is 35.4 Å². The number of rotatable bonds is 6. The van der Waals surface area contributed by atoms with Gasteiger partial charge in [-0.3, -0.25) is 4.79 Å². The summed E-state index contributed by atoms with van der Waals surface area (Å²) in [6.45, 7) is 3.49.